The molecule has 2 aliphatic rings. The number of hydrogen-bond donors (Lipinski definition) is 0. The molecule has 3 aromatic rings. The quantitative estimate of drug-likeness (QED) is 0.689. The molecule has 0 N–H and O–H groups in total. The van der Waals surface area contributed by atoms with Gasteiger partial charge in [0.2, 0.25) is 0 Å². The Morgan fingerprint density at radius 2 is 1.79 bits per heavy atom. The summed E-state index contributed by atoms with van der Waals surface area (Å²) >= 11 is 0. The van der Waals surface area contributed by atoms with E-state index in [1.54, 1.807) is 6.20 Å². The number of nitrogens with zero attached hydrogens (tertiary/aromatic N) is 6. The average Bonchev–Trinajstić information content (AvgIpc) is 3.40. The minimum absolute atomic E-state index is 0.0457. The molecule has 148 valence electrons. The predicted molar refractivity (Wildman–Crippen MR) is 110 cm³/mol. The van der Waals surface area contributed by atoms with Crippen LogP contribution in [-0.2, 0) is 12.8 Å². The molecule has 0 atom stereocenters. The zero-order chi connectivity index (χ0) is 19.8. The lowest BCUT2D eigenvalue weighted by atomic mass is 10.2. The lowest BCUT2D eigenvalue weighted by molar-refractivity contribution is 0.0745. The van der Waals surface area contributed by atoms with Crippen LogP contribution in [0, 0.1) is 6.92 Å². The number of para-hydroxylation sites is 1. The van der Waals surface area contributed by atoms with E-state index < -0.39 is 0 Å². The van der Waals surface area contributed by atoms with Gasteiger partial charge in [-0.25, -0.2) is 4.68 Å². The van der Waals surface area contributed by atoms with Crippen molar-refractivity contribution in [3.05, 3.63) is 65.1 Å². The molecule has 7 nitrogen and oxygen atoms in total. The van der Waals surface area contributed by atoms with Crippen LogP contribution in [0.5, 0.6) is 0 Å². The first-order valence-electron chi connectivity index (χ1n) is 10.2. The number of piperazine rings is 1. The van der Waals surface area contributed by atoms with Crippen molar-refractivity contribution in [1.82, 2.24) is 24.9 Å². The standard InChI is InChI=1S/C22H24N6O/c1-16-19(15-23-28(16)18-7-3-2-4-8-18)22(29)27-12-10-26(11-13-27)21-14-17-6-5-9-20(17)24-25-21/h2-4,7-8,14-15H,5-6,9-13H2,1H3. The Morgan fingerprint density at radius 3 is 2.59 bits per heavy atom. The molecule has 0 spiro atoms. The highest BCUT2D eigenvalue weighted by Gasteiger charge is 2.26. The highest BCUT2D eigenvalue weighted by atomic mass is 16.2. The van der Waals surface area contributed by atoms with E-state index in [1.807, 2.05) is 46.8 Å². The number of anilines is 1. The first kappa shape index (κ1) is 17.8. The van der Waals surface area contributed by atoms with E-state index in [1.165, 1.54) is 12.0 Å². The first-order chi connectivity index (χ1) is 14.2. The van der Waals surface area contributed by atoms with Gasteiger partial charge in [-0.1, -0.05) is 18.2 Å². The van der Waals surface area contributed by atoms with Crippen LogP contribution in [0.3, 0.4) is 0 Å². The van der Waals surface area contributed by atoms with Gasteiger partial charge < -0.3 is 9.80 Å². The van der Waals surface area contributed by atoms with E-state index in [4.69, 9.17) is 0 Å². The van der Waals surface area contributed by atoms with Crippen molar-refractivity contribution in [2.45, 2.75) is 26.2 Å². The Balaban J connectivity index is 1.28. The Labute approximate surface area is 170 Å². The number of fused-ring (bicyclic) bond motifs is 1. The number of amides is 1. The van der Waals surface area contributed by atoms with Crippen LogP contribution in [0.4, 0.5) is 5.82 Å². The molecule has 0 saturated carbocycles. The average molecular weight is 388 g/mol. The van der Waals surface area contributed by atoms with Crippen molar-refractivity contribution in [1.29, 1.82) is 0 Å². The summed E-state index contributed by atoms with van der Waals surface area (Å²) in [5, 5.41) is 13.2. The fourth-order valence-corrected chi connectivity index (χ4v) is 4.23. The molecule has 1 aliphatic heterocycles. The smallest absolute Gasteiger partial charge is 0.257 e. The second-order valence-corrected chi connectivity index (χ2v) is 7.70. The molecule has 29 heavy (non-hydrogen) atoms. The maximum atomic E-state index is 13.1. The number of hydrogen-bond acceptors (Lipinski definition) is 5. The summed E-state index contributed by atoms with van der Waals surface area (Å²) in [6.45, 7) is 4.83. The number of carbonyl (C=O) groups excluding carboxylic acids is 1. The molecule has 5 rings (SSSR count). The number of carbonyl (C=O) groups is 1. The van der Waals surface area contributed by atoms with E-state index in [-0.39, 0.29) is 5.91 Å². The van der Waals surface area contributed by atoms with E-state index in [0.29, 0.717) is 18.7 Å². The minimum Gasteiger partial charge on any atom is -0.352 e. The lowest BCUT2D eigenvalue weighted by Crippen LogP contribution is -2.49. The van der Waals surface area contributed by atoms with Gasteiger partial charge in [0, 0.05) is 26.2 Å². The summed E-state index contributed by atoms with van der Waals surface area (Å²) in [5.74, 6) is 0.982. The summed E-state index contributed by atoms with van der Waals surface area (Å²) < 4.78 is 1.82. The Hall–Kier alpha value is -3.22. The van der Waals surface area contributed by atoms with Crippen molar-refractivity contribution in [2.24, 2.45) is 0 Å². The van der Waals surface area contributed by atoms with Crippen molar-refractivity contribution < 1.29 is 4.79 Å². The molecule has 1 aromatic carbocycles. The van der Waals surface area contributed by atoms with Gasteiger partial charge in [-0.05, 0) is 49.9 Å². The number of aromatic nitrogens is 4. The van der Waals surface area contributed by atoms with Gasteiger partial charge in [0.15, 0.2) is 5.82 Å². The number of benzene rings is 1. The zero-order valence-corrected chi connectivity index (χ0v) is 16.6. The van der Waals surface area contributed by atoms with Crippen molar-refractivity contribution in [3.8, 4) is 5.69 Å². The van der Waals surface area contributed by atoms with Gasteiger partial charge in [-0.3, -0.25) is 4.79 Å². The molecule has 3 heterocycles. The van der Waals surface area contributed by atoms with Crippen LogP contribution >= 0.6 is 0 Å². The largest absolute Gasteiger partial charge is 0.352 e. The lowest BCUT2D eigenvalue weighted by Gasteiger charge is -2.35. The van der Waals surface area contributed by atoms with Crippen molar-refractivity contribution >= 4 is 11.7 Å². The maximum absolute atomic E-state index is 13.1. The van der Waals surface area contributed by atoms with E-state index >= 15 is 0 Å². The van der Waals surface area contributed by atoms with Crippen LogP contribution in [0.2, 0.25) is 0 Å². The molecular formula is C22H24N6O. The topological polar surface area (TPSA) is 67.2 Å². The monoisotopic (exact) mass is 388 g/mol. The molecule has 1 saturated heterocycles. The Morgan fingerprint density at radius 1 is 1.00 bits per heavy atom. The molecule has 2 aromatic heterocycles. The zero-order valence-electron chi connectivity index (χ0n) is 16.6. The van der Waals surface area contributed by atoms with E-state index in [2.05, 4.69) is 26.3 Å². The van der Waals surface area contributed by atoms with Gasteiger partial charge >= 0.3 is 0 Å². The maximum Gasteiger partial charge on any atom is 0.257 e. The van der Waals surface area contributed by atoms with Gasteiger partial charge in [-0.2, -0.15) is 10.2 Å². The third kappa shape index (κ3) is 3.26. The van der Waals surface area contributed by atoms with E-state index in [9.17, 15) is 4.79 Å². The first-order valence-corrected chi connectivity index (χ1v) is 10.2. The van der Waals surface area contributed by atoms with Crippen molar-refractivity contribution in [3.63, 3.8) is 0 Å². The molecule has 1 amide bonds. The summed E-state index contributed by atoms with van der Waals surface area (Å²) in [7, 11) is 0. The molecule has 0 unspecified atom stereocenters. The van der Waals surface area contributed by atoms with Crippen LogP contribution < -0.4 is 4.90 Å². The predicted octanol–water partition coefficient (Wildman–Crippen LogP) is 2.42. The second-order valence-electron chi connectivity index (χ2n) is 7.70. The highest BCUT2D eigenvalue weighted by molar-refractivity contribution is 5.95. The molecule has 0 radical (unpaired) electrons. The SMILES string of the molecule is Cc1c(C(=O)N2CCN(c3cc4c(nn3)CCC4)CC2)cnn1-c1ccccc1. The molecular weight excluding hydrogens is 364 g/mol. The van der Waals surface area contributed by atoms with Crippen LogP contribution in [0.25, 0.3) is 5.69 Å². The second kappa shape index (κ2) is 7.31. The molecule has 1 aliphatic carbocycles. The normalized spacial score (nSPS) is 16.2. The third-order valence-corrected chi connectivity index (χ3v) is 5.94. The molecule has 1 fully saturated rings. The summed E-state index contributed by atoms with van der Waals surface area (Å²) in [6.07, 6.45) is 5.00. The van der Waals surface area contributed by atoms with Gasteiger partial charge in [0.1, 0.15) is 0 Å². The third-order valence-electron chi connectivity index (χ3n) is 5.94. The van der Waals surface area contributed by atoms with Crippen LogP contribution in [0.1, 0.15) is 33.7 Å². The minimum atomic E-state index is 0.0457. The van der Waals surface area contributed by atoms with E-state index in [0.717, 1.165) is 48.8 Å². The molecule has 0 bridgehead atoms. The fraction of sp³-hybridized carbons (Fsp3) is 0.364. The number of aryl methyl sites for hydroxylation is 2. The Bertz CT molecular complexity index is 1040. The van der Waals surface area contributed by atoms with Crippen molar-refractivity contribution in [2.75, 3.05) is 31.1 Å². The Kier molecular flexibility index (Phi) is 4.50. The fourth-order valence-electron chi connectivity index (χ4n) is 4.23. The summed E-state index contributed by atoms with van der Waals surface area (Å²) in [5.41, 5.74) is 4.97. The molecule has 7 heteroatoms. The van der Waals surface area contributed by atoms with Crippen LogP contribution in [0.15, 0.2) is 42.6 Å². The van der Waals surface area contributed by atoms with Gasteiger partial charge in [0.25, 0.3) is 5.91 Å². The van der Waals surface area contributed by atoms with Crippen LogP contribution in [-0.4, -0.2) is 57.0 Å². The number of rotatable bonds is 3. The van der Waals surface area contributed by atoms with Gasteiger partial charge in [0.05, 0.1) is 28.8 Å². The summed E-state index contributed by atoms with van der Waals surface area (Å²) in [4.78, 5) is 17.2. The van der Waals surface area contributed by atoms with Gasteiger partial charge in [-0.15, -0.1) is 5.10 Å². The summed E-state index contributed by atoms with van der Waals surface area (Å²) in [6, 6.07) is 12.1. The highest BCUT2D eigenvalue weighted by Crippen LogP contribution is 2.24.